The van der Waals surface area contributed by atoms with Crippen LogP contribution in [-0.2, 0) is 5.54 Å². The number of rotatable bonds is 2. The number of nitrogens with one attached hydrogen (secondary N) is 1. The fourth-order valence-corrected chi connectivity index (χ4v) is 1.68. The third-order valence-electron chi connectivity index (χ3n) is 2.66. The van der Waals surface area contributed by atoms with Gasteiger partial charge in [0.25, 0.3) is 0 Å². The molecule has 0 saturated heterocycles. The minimum atomic E-state index is -1.00. The van der Waals surface area contributed by atoms with E-state index in [0.29, 0.717) is 5.56 Å². The normalized spacial score (nSPS) is 16.5. The van der Waals surface area contributed by atoms with Gasteiger partial charge >= 0.3 is 6.09 Å². The van der Waals surface area contributed by atoms with Crippen LogP contribution in [0.3, 0.4) is 0 Å². The molecule has 2 N–H and O–H groups in total. The van der Waals surface area contributed by atoms with E-state index in [1.165, 1.54) is 0 Å². The average molecular weight is 202 g/mol. The van der Waals surface area contributed by atoms with Crippen LogP contribution in [0.25, 0.3) is 0 Å². The molecular formula is C11H10N2O2. The second kappa shape index (κ2) is 3.28. The van der Waals surface area contributed by atoms with Crippen molar-refractivity contribution in [3.8, 4) is 6.07 Å². The van der Waals surface area contributed by atoms with E-state index in [-0.39, 0.29) is 0 Å². The lowest BCUT2D eigenvalue weighted by Gasteiger charge is -2.15. The van der Waals surface area contributed by atoms with E-state index in [2.05, 4.69) is 5.32 Å². The topological polar surface area (TPSA) is 73.1 Å². The fourth-order valence-electron chi connectivity index (χ4n) is 1.68. The average Bonchev–Trinajstić information content (AvgIpc) is 2.98. The van der Waals surface area contributed by atoms with Crippen molar-refractivity contribution in [2.75, 3.05) is 0 Å². The van der Waals surface area contributed by atoms with Crippen LogP contribution in [0.4, 0.5) is 4.79 Å². The SMILES string of the molecule is N#Cc1ccc(C2(NC(=O)O)CC2)cc1. The predicted octanol–water partition coefficient (Wildman–Crippen LogP) is 1.81. The summed E-state index contributed by atoms with van der Waals surface area (Å²) in [4.78, 5) is 10.6. The number of nitriles is 1. The van der Waals surface area contributed by atoms with Gasteiger partial charge in [0, 0.05) is 0 Å². The van der Waals surface area contributed by atoms with Crippen LogP contribution in [0.1, 0.15) is 24.0 Å². The highest BCUT2D eigenvalue weighted by molar-refractivity contribution is 5.67. The molecule has 1 aliphatic rings. The summed E-state index contributed by atoms with van der Waals surface area (Å²) in [6.07, 6.45) is 0.646. The molecule has 2 rings (SSSR count). The van der Waals surface area contributed by atoms with E-state index in [4.69, 9.17) is 10.4 Å². The lowest BCUT2D eigenvalue weighted by atomic mass is 10.0. The number of amides is 1. The molecule has 76 valence electrons. The van der Waals surface area contributed by atoms with E-state index in [1.807, 2.05) is 18.2 Å². The molecule has 15 heavy (non-hydrogen) atoms. The van der Waals surface area contributed by atoms with Gasteiger partial charge in [-0.3, -0.25) is 0 Å². The van der Waals surface area contributed by atoms with E-state index >= 15 is 0 Å². The van der Waals surface area contributed by atoms with Crippen molar-refractivity contribution >= 4 is 6.09 Å². The number of nitrogens with zero attached hydrogens (tertiary/aromatic N) is 1. The van der Waals surface area contributed by atoms with Gasteiger partial charge in [0.1, 0.15) is 0 Å². The molecule has 4 nitrogen and oxygen atoms in total. The van der Waals surface area contributed by atoms with Crippen LogP contribution in [0.15, 0.2) is 24.3 Å². The molecule has 1 amide bonds. The third-order valence-corrected chi connectivity index (χ3v) is 2.66. The van der Waals surface area contributed by atoms with Crippen molar-refractivity contribution < 1.29 is 9.90 Å². The maximum absolute atomic E-state index is 10.6. The maximum Gasteiger partial charge on any atom is 0.405 e. The highest BCUT2D eigenvalue weighted by Gasteiger charge is 2.45. The first-order valence-electron chi connectivity index (χ1n) is 4.68. The van der Waals surface area contributed by atoms with Gasteiger partial charge in [-0.1, -0.05) is 12.1 Å². The summed E-state index contributed by atoms with van der Waals surface area (Å²) >= 11 is 0. The van der Waals surface area contributed by atoms with Gasteiger partial charge in [0.05, 0.1) is 17.2 Å². The van der Waals surface area contributed by atoms with Gasteiger partial charge in [-0.05, 0) is 30.5 Å². The molecule has 0 radical (unpaired) electrons. The Labute approximate surface area is 87.1 Å². The molecule has 1 saturated carbocycles. The first kappa shape index (κ1) is 9.53. The number of hydrogen-bond donors (Lipinski definition) is 2. The Morgan fingerprint density at radius 2 is 2.00 bits per heavy atom. The Hall–Kier alpha value is -2.02. The molecule has 0 atom stereocenters. The molecule has 0 aromatic heterocycles. The van der Waals surface area contributed by atoms with E-state index in [9.17, 15) is 4.79 Å². The van der Waals surface area contributed by atoms with Gasteiger partial charge in [-0.25, -0.2) is 4.79 Å². The fraction of sp³-hybridized carbons (Fsp3) is 0.273. The maximum atomic E-state index is 10.6. The number of hydrogen-bond acceptors (Lipinski definition) is 2. The molecule has 0 aliphatic heterocycles. The Morgan fingerprint density at radius 3 is 2.40 bits per heavy atom. The van der Waals surface area contributed by atoms with Gasteiger partial charge < -0.3 is 10.4 Å². The minimum absolute atomic E-state index is 0.403. The predicted molar refractivity (Wildman–Crippen MR) is 53.2 cm³/mol. The molecule has 0 bridgehead atoms. The van der Waals surface area contributed by atoms with Crippen LogP contribution >= 0.6 is 0 Å². The second-order valence-corrected chi connectivity index (χ2v) is 3.70. The molecule has 0 heterocycles. The summed E-state index contributed by atoms with van der Waals surface area (Å²) in [5, 5.41) is 19.8. The molecule has 1 fully saturated rings. The minimum Gasteiger partial charge on any atom is -0.465 e. The zero-order valence-corrected chi connectivity index (χ0v) is 8.03. The quantitative estimate of drug-likeness (QED) is 0.768. The van der Waals surface area contributed by atoms with Crippen LogP contribution in [0.2, 0.25) is 0 Å². The van der Waals surface area contributed by atoms with Crippen LogP contribution in [0, 0.1) is 11.3 Å². The van der Waals surface area contributed by atoms with Crippen LogP contribution in [-0.4, -0.2) is 11.2 Å². The van der Waals surface area contributed by atoms with E-state index in [0.717, 1.165) is 18.4 Å². The Bertz CT molecular complexity index is 427. The Morgan fingerprint density at radius 1 is 1.40 bits per heavy atom. The Kier molecular flexibility index (Phi) is 2.09. The number of carboxylic acid groups (broad SMARTS) is 1. The Balaban J connectivity index is 2.23. The lowest BCUT2D eigenvalue weighted by molar-refractivity contribution is 0.188. The van der Waals surface area contributed by atoms with Crippen molar-refractivity contribution in [1.29, 1.82) is 5.26 Å². The summed E-state index contributed by atoms with van der Waals surface area (Å²) in [6, 6.07) is 9.06. The van der Waals surface area contributed by atoms with Crippen molar-refractivity contribution in [2.24, 2.45) is 0 Å². The molecule has 4 heteroatoms. The number of carbonyl (C=O) groups is 1. The molecule has 0 unspecified atom stereocenters. The van der Waals surface area contributed by atoms with E-state index < -0.39 is 11.6 Å². The van der Waals surface area contributed by atoms with Crippen molar-refractivity contribution in [2.45, 2.75) is 18.4 Å². The summed E-state index contributed by atoms with van der Waals surface area (Å²) < 4.78 is 0. The molecular weight excluding hydrogens is 192 g/mol. The van der Waals surface area contributed by atoms with Crippen LogP contribution < -0.4 is 5.32 Å². The second-order valence-electron chi connectivity index (χ2n) is 3.70. The molecule has 1 aromatic rings. The first-order valence-corrected chi connectivity index (χ1v) is 4.68. The standard InChI is InChI=1S/C11H10N2O2/c12-7-8-1-3-9(4-2-8)11(5-6-11)13-10(14)15/h1-4,13H,5-6H2,(H,14,15). The third kappa shape index (κ3) is 1.77. The summed E-state index contributed by atoms with van der Waals surface area (Å²) in [5.41, 5.74) is 1.12. The summed E-state index contributed by atoms with van der Waals surface area (Å²) in [6.45, 7) is 0. The largest absolute Gasteiger partial charge is 0.465 e. The van der Waals surface area contributed by atoms with Crippen molar-refractivity contribution in [3.63, 3.8) is 0 Å². The zero-order chi connectivity index (χ0) is 10.9. The van der Waals surface area contributed by atoms with Crippen molar-refractivity contribution in [3.05, 3.63) is 35.4 Å². The molecule has 1 aliphatic carbocycles. The van der Waals surface area contributed by atoms with Crippen molar-refractivity contribution in [1.82, 2.24) is 5.32 Å². The zero-order valence-electron chi connectivity index (χ0n) is 8.03. The highest BCUT2D eigenvalue weighted by atomic mass is 16.4. The van der Waals surface area contributed by atoms with E-state index in [1.54, 1.807) is 12.1 Å². The molecule has 0 spiro atoms. The van der Waals surface area contributed by atoms with Gasteiger partial charge in [0.2, 0.25) is 0 Å². The smallest absolute Gasteiger partial charge is 0.405 e. The summed E-state index contributed by atoms with van der Waals surface area (Å²) in [7, 11) is 0. The summed E-state index contributed by atoms with van der Waals surface area (Å²) in [5.74, 6) is 0. The first-order chi connectivity index (χ1) is 7.16. The van der Waals surface area contributed by atoms with Gasteiger partial charge in [0.15, 0.2) is 0 Å². The van der Waals surface area contributed by atoms with Crippen LogP contribution in [0.5, 0.6) is 0 Å². The van der Waals surface area contributed by atoms with Gasteiger partial charge in [-0.2, -0.15) is 5.26 Å². The number of benzene rings is 1. The monoisotopic (exact) mass is 202 g/mol. The lowest BCUT2D eigenvalue weighted by Crippen LogP contribution is -2.33. The highest BCUT2D eigenvalue weighted by Crippen LogP contribution is 2.45. The molecule has 1 aromatic carbocycles. The van der Waals surface area contributed by atoms with Gasteiger partial charge in [-0.15, -0.1) is 0 Å².